The first-order chi connectivity index (χ1) is 11.3. The Labute approximate surface area is 136 Å². The first-order valence-electron chi connectivity index (χ1n) is 8.19. The van der Waals surface area contributed by atoms with Crippen LogP contribution in [0.3, 0.4) is 0 Å². The van der Waals surface area contributed by atoms with Gasteiger partial charge in [-0.05, 0) is 24.5 Å². The van der Waals surface area contributed by atoms with Gasteiger partial charge >= 0.3 is 0 Å². The lowest BCUT2D eigenvalue weighted by Gasteiger charge is -2.15. The largest absolute Gasteiger partial charge is 0.369 e. The van der Waals surface area contributed by atoms with Gasteiger partial charge in [-0.15, -0.1) is 0 Å². The van der Waals surface area contributed by atoms with Crippen molar-refractivity contribution in [3.63, 3.8) is 0 Å². The number of hydrogen-bond donors (Lipinski definition) is 1. The summed E-state index contributed by atoms with van der Waals surface area (Å²) in [5, 5.41) is 3.23. The standard InChI is InChI=1S/C18H22N4O/c23-18(22-12-4-5-13-22)9-11-19-16-8-10-20-17(21-16)14-15-6-2-1-3-7-15/h1-3,6-8,10H,4-5,9,11-14H2,(H,19,20,21). The third kappa shape index (κ3) is 4.52. The average molecular weight is 310 g/mol. The van der Waals surface area contributed by atoms with Crippen molar-refractivity contribution in [2.24, 2.45) is 0 Å². The number of carbonyl (C=O) groups is 1. The Morgan fingerprint density at radius 2 is 1.91 bits per heavy atom. The number of benzene rings is 1. The van der Waals surface area contributed by atoms with Crippen LogP contribution in [0.5, 0.6) is 0 Å². The highest BCUT2D eigenvalue weighted by molar-refractivity contribution is 5.76. The van der Waals surface area contributed by atoms with Gasteiger partial charge in [-0.1, -0.05) is 30.3 Å². The smallest absolute Gasteiger partial charge is 0.224 e. The van der Waals surface area contributed by atoms with E-state index in [9.17, 15) is 4.79 Å². The van der Waals surface area contributed by atoms with Gasteiger partial charge in [-0.25, -0.2) is 9.97 Å². The van der Waals surface area contributed by atoms with E-state index in [1.54, 1.807) is 6.20 Å². The molecule has 0 atom stereocenters. The molecule has 1 aliphatic rings. The van der Waals surface area contributed by atoms with E-state index in [0.29, 0.717) is 19.4 Å². The fraction of sp³-hybridized carbons (Fsp3) is 0.389. The topological polar surface area (TPSA) is 58.1 Å². The van der Waals surface area contributed by atoms with Crippen LogP contribution >= 0.6 is 0 Å². The number of anilines is 1. The van der Waals surface area contributed by atoms with Crippen LogP contribution in [0.4, 0.5) is 5.82 Å². The van der Waals surface area contributed by atoms with E-state index in [1.807, 2.05) is 29.2 Å². The molecule has 1 aromatic heterocycles. The summed E-state index contributed by atoms with van der Waals surface area (Å²) in [6.45, 7) is 2.43. The second kappa shape index (κ2) is 7.72. The van der Waals surface area contributed by atoms with E-state index in [-0.39, 0.29) is 5.91 Å². The molecule has 120 valence electrons. The molecule has 3 rings (SSSR count). The van der Waals surface area contributed by atoms with Crippen molar-refractivity contribution < 1.29 is 4.79 Å². The van der Waals surface area contributed by atoms with Crippen molar-refractivity contribution in [1.29, 1.82) is 0 Å². The van der Waals surface area contributed by atoms with Crippen molar-refractivity contribution in [3.8, 4) is 0 Å². The van der Waals surface area contributed by atoms with Gasteiger partial charge in [0.2, 0.25) is 5.91 Å². The summed E-state index contributed by atoms with van der Waals surface area (Å²) < 4.78 is 0. The van der Waals surface area contributed by atoms with Crippen LogP contribution in [0.2, 0.25) is 0 Å². The number of nitrogens with zero attached hydrogens (tertiary/aromatic N) is 3. The molecule has 2 heterocycles. The quantitative estimate of drug-likeness (QED) is 0.890. The molecule has 0 unspecified atom stereocenters. The van der Waals surface area contributed by atoms with E-state index in [4.69, 9.17) is 0 Å². The summed E-state index contributed by atoms with van der Waals surface area (Å²) in [7, 11) is 0. The lowest BCUT2D eigenvalue weighted by atomic mass is 10.1. The Kier molecular flexibility index (Phi) is 5.19. The first kappa shape index (κ1) is 15.5. The normalized spacial score (nSPS) is 14.0. The summed E-state index contributed by atoms with van der Waals surface area (Å²) >= 11 is 0. The van der Waals surface area contributed by atoms with Gasteiger partial charge in [0.1, 0.15) is 11.6 Å². The second-order valence-corrected chi connectivity index (χ2v) is 5.79. The zero-order valence-corrected chi connectivity index (χ0v) is 13.2. The number of aromatic nitrogens is 2. The SMILES string of the molecule is O=C(CCNc1ccnc(Cc2ccccc2)n1)N1CCCC1. The summed E-state index contributed by atoms with van der Waals surface area (Å²) in [6, 6.07) is 12.0. The Morgan fingerprint density at radius 1 is 1.13 bits per heavy atom. The minimum Gasteiger partial charge on any atom is -0.369 e. The van der Waals surface area contributed by atoms with Crippen molar-refractivity contribution >= 4 is 11.7 Å². The lowest BCUT2D eigenvalue weighted by Crippen LogP contribution is -2.29. The zero-order chi connectivity index (χ0) is 15.9. The maximum Gasteiger partial charge on any atom is 0.224 e. The van der Waals surface area contributed by atoms with Crippen LogP contribution in [-0.4, -0.2) is 40.4 Å². The van der Waals surface area contributed by atoms with Gasteiger partial charge in [0.15, 0.2) is 0 Å². The molecule has 0 radical (unpaired) electrons. The van der Waals surface area contributed by atoms with Gasteiger partial charge in [0, 0.05) is 38.7 Å². The number of amides is 1. The highest BCUT2D eigenvalue weighted by Crippen LogP contribution is 2.10. The predicted octanol–water partition coefficient (Wildman–Crippen LogP) is 2.49. The monoisotopic (exact) mass is 310 g/mol. The molecule has 1 N–H and O–H groups in total. The molecule has 1 fully saturated rings. The molecular weight excluding hydrogens is 288 g/mol. The van der Waals surface area contributed by atoms with Crippen LogP contribution in [-0.2, 0) is 11.2 Å². The van der Waals surface area contributed by atoms with Crippen LogP contribution in [0.25, 0.3) is 0 Å². The summed E-state index contributed by atoms with van der Waals surface area (Å²) in [5.74, 6) is 1.79. The Balaban J connectivity index is 1.50. The highest BCUT2D eigenvalue weighted by Gasteiger charge is 2.17. The summed E-state index contributed by atoms with van der Waals surface area (Å²) in [5.41, 5.74) is 1.19. The number of carbonyl (C=O) groups excluding carboxylic acids is 1. The van der Waals surface area contributed by atoms with Gasteiger partial charge in [0.25, 0.3) is 0 Å². The molecule has 0 spiro atoms. The molecule has 1 saturated heterocycles. The summed E-state index contributed by atoms with van der Waals surface area (Å²) in [6.07, 6.45) is 5.25. The highest BCUT2D eigenvalue weighted by atomic mass is 16.2. The second-order valence-electron chi connectivity index (χ2n) is 5.79. The van der Waals surface area contributed by atoms with E-state index in [0.717, 1.165) is 37.6 Å². The van der Waals surface area contributed by atoms with Crippen LogP contribution < -0.4 is 5.32 Å². The molecule has 0 aliphatic carbocycles. The minimum atomic E-state index is 0.230. The molecular formula is C18H22N4O. The number of rotatable bonds is 6. The molecule has 1 aliphatic heterocycles. The molecule has 23 heavy (non-hydrogen) atoms. The van der Waals surface area contributed by atoms with Crippen molar-refractivity contribution in [1.82, 2.24) is 14.9 Å². The van der Waals surface area contributed by atoms with Gasteiger partial charge in [-0.2, -0.15) is 0 Å². The van der Waals surface area contributed by atoms with Crippen LogP contribution in [0, 0.1) is 0 Å². The molecule has 5 nitrogen and oxygen atoms in total. The van der Waals surface area contributed by atoms with E-state index >= 15 is 0 Å². The third-order valence-electron chi connectivity index (χ3n) is 4.01. The maximum absolute atomic E-state index is 12.0. The van der Waals surface area contributed by atoms with E-state index < -0.39 is 0 Å². The minimum absolute atomic E-state index is 0.230. The molecule has 0 bridgehead atoms. The zero-order valence-electron chi connectivity index (χ0n) is 13.2. The number of hydrogen-bond acceptors (Lipinski definition) is 4. The molecule has 5 heteroatoms. The molecule has 2 aromatic rings. The van der Waals surface area contributed by atoms with Gasteiger partial charge in [-0.3, -0.25) is 4.79 Å². The predicted molar refractivity (Wildman–Crippen MR) is 90.2 cm³/mol. The molecule has 0 saturated carbocycles. The molecule has 1 amide bonds. The number of nitrogens with one attached hydrogen (secondary N) is 1. The van der Waals surface area contributed by atoms with E-state index in [1.165, 1.54) is 5.56 Å². The Morgan fingerprint density at radius 3 is 2.70 bits per heavy atom. The molecule has 1 aromatic carbocycles. The fourth-order valence-corrected chi connectivity index (χ4v) is 2.78. The van der Waals surface area contributed by atoms with Crippen molar-refractivity contribution in [3.05, 3.63) is 54.0 Å². The van der Waals surface area contributed by atoms with Crippen molar-refractivity contribution in [2.45, 2.75) is 25.7 Å². The fourth-order valence-electron chi connectivity index (χ4n) is 2.78. The van der Waals surface area contributed by atoms with Crippen molar-refractivity contribution in [2.75, 3.05) is 25.0 Å². The lowest BCUT2D eigenvalue weighted by molar-refractivity contribution is -0.129. The number of likely N-dealkylation sites (tertiary alicyclic amines) is 1. The van der Waals surface area contributed by atoms with Gasteiger partial charge < -0.3 is 10.2 Å². The van der Waals surface area contributed by atoms with Crippen LogP contribution in [0.15, 0.2) is 42.6 Å². The Bertz CT molecular complexity index is 638. The Hall–Kier alpha value is -2.43. The first-order valence-corrected chi connectivity index (χ1v) is 8.19. The third-order valence-corrected chi connectivity index (χ3v) is 4.01. The van der Waals surface area contributed by atoms with Gasteiger partial charge in [0.05, 0.1) is 0 Å². The summed E-state index contributed by atoms with van der Waals surface area (Å²) in [4.78, 5) is 22.8. The van der Waals surface area contributed by atoms with Crippen LogP contribution in [0.1, 0.15) is 30.7 Å². The average Bonchev–Trinajstić information content (AvgIpc) is 3.11. The maximum atomic E-state index is 12.0. The van der Waals surface area contributed by atoms with E-state index in [2.05, 4.69) is 27.4 Å².